The van der Waals surface area contributed by atoms with Gasteiger partial charge in [0, 0.05) is 16.1 Å². The van der Waals surface area contributed by atoms with Gasteiger partial charge in [0.15, 0.2) is 4.75 Å². The summed E-state index contributed by atoms with van der Waals surface area (Å²) in [6.07, 6.45) is 0. The van der Waals surface area contributed by atoms with Gasteiger partial charge in [-0.25, -0.2) is 0 Å². The molecule has 0 amide bonds. The molecule has 0 radical (unpaired) electrons. The molecule has 0 saturated heterocycles. The second kappa shape index (κ2) is 7.87. The van der Waals surface area contributed by atoms with Crippen molar-refractivity contribution >= 4 is 56.5 Å². The first-order valence-electron chi connectivity index (χ1n) is 7.90. The number of aromatic hydroxyl groups is 2. The van der Waals surface area contributed by atoms with E-state index in [0.717, 1.165) is 12.1 Å². The number of phenolic OH excluding ortho intramolecular Hbond substituents is 2. The van der Waals surface area contributed by atoms with E-state index in [1.807, 2.05) is 0 Å². The Hall–Kier alpha value is -1.67. The Morgan fingerprint density at radius 2 is 1.41 bits per heavy atom. The Labute approximate surface area is 186 Å². The highest BCUT2D eigenvalue weighted by Gasteiger charge is 2.53. The Morgan fingerprint density at radius 3 is 1.97 bits per heavy atom. The van der Waals surface area contributed by atoms with E-state index in [1.54, 1.807) is 6.07 Å². The summed E-state index contributed by atoms with van der Waals surface area (Å²) in [5.41, 5.74) is -0.582. The molecule has 0 heterocycles. The average molecular weight is 494 g/mol. The summed E-state index contributed by atoms with van der Waals surface area (Å²) in [6.45, 7) is 0. The van der Waals surface area contributed by atoms with Crippen molar-refractivity contribution in [3.8, 4) is 11.5 Å². The molecule has 3 aromatic rings. The minimum Gasteiger partial charge on any atom is -0.508 e. The third kappa shape index (κ3) is 3.54. The molecule has 0 bridgehead atoms. The van der Waals surface area contributed by atoms with Crippen LogP contribution in [0.15, 0.2) is 54.6 Å². The Bertz CT molecular complexity index is 1200. The van der Waals surface area contributed by atoms with Gasteiger partial charge >= 0.3 is 0 Å². The predicted molar refractivity (Wildman–Crippen MR) is 114 cm³/mol. The van der Waals surface area contributed by atoms with E-state index in [-0.39, 0.29) is 37.0 Å². The largest absolute Gasteiger partial charge is 0.508 e. The van der Waals surface area contributed by atoms with Crippen LogP contribution in [0.3, 0.4) is 0 Å². The second-order valence-electron chi connectivity index (χ2n) is 6.06. The standard InChI is InChI=1S/C19H12Cl4O5S/c20-13-8-11(24)6-7-12(13)19(29(26,27)28,10-4-2-1-3-5-10)16-14(21)9-15(22)17(23)18(16)25/h1-9,24-25H,(H,26,27,28). The van der Waals surface area contributed by atoms with Crippen LogP contribution in [0.4, 0.5) is 0 Å². The van der Waals surface area contributed by atoms with Gasteiger partial charge in [0.2, 0.25) is 0 Å². The summed E-state index contributed by atoms with van der Waals surface area (Å²) in [5, 5.41) is 19.5. The Morgan fingerprint density at radius 1 is 0.793 bits per heavy atom. The monoisotopic (exact) mass is 492 g/mol. The van der Waals surface area contributed by atoms with Crippen LogP contribution < -0.4 is 0 Å². The van der Waals surface area contributed by atoms with Crippen LogP contribution in [0.2, 0.25) is 20.1 Å². The number of halogens is 4. The Balaban J connectivity index is 2.65. The zero-order valence-electron chi connectivity index (χ0n) is 14.3. The molecule has 0 aromatic heterocycles. The molecule has 3 N–H and O–H groups in total. The molecule has 10 heteroatoms. The van der Waals surface area contributed by atoms with Crippen LogP contribution in [-0.2, 0) is 14.9 Å². The van der Waals surface area contributed by atoms with Crippen molar-refractivity contribution in [2.24, 2.45) is 0 Å². The van der Waals surface area contributed by atoms with Crippen LogP contribution in [0.5, 0.6) is 11.5 Å². The van der Waals surface area contributed by atoms with E-state index in [9.17, 15) is 23.2 Å². The fourth-order valence-electron chi connectivity index (χ4n) is 3.23. The summed E-state index contributed by atoms with van der Waals surface area (Å²) < 4.78 is 34.0. The van der Waals surface area contributed by atoms with Crippen LogP contribution in [-0.4, -0.2) is 23.2 Å². The second-order valence-corrected chi connectivity index (χ2v) is 9.23. The van der Waals surface area contributed by atoms with Crippen molar-refractivity contribution in [2.45, 2.75) is 4.75 Å². The zero-order valence-corrected chi connectivity index (χ0v) is 18.1. The molecule has 0 fully saturated rings. The van der Waals surface area contributed by atoms with Crippen molar-refractivity contribution in [1.82, 2.24) is 0 Å². The van der Waals surface area contributed by atoms with Crippen LogP contribution >= 0.6 is 46.4 Å². The van der Waals surface area contributed by atoms with E-state index in [4.69, 9.17) is 46.4 Å². The summed E-state index contributed by atoms with van der Waals surface area (Å²) in [5.74, 6) is -0.977. The fourth-order valence-corrected chi connectivity index (χ4v) is 5.76. The topological polar surface area (TPSA) is 94.8 Å². The SMILES string of the molecule is O=S(=O)(O)C(c1ccccc1)(c1ccc(O)cc1Cl)c1c(Cl)cc(Cl)c(Cl)c1O. The predicted octanol–water partition coefficient (Wildman–Crippen LogP) is 5.89. The molecule has 1 unspecified atom stereocenters. The van der Waals surface area contributed by atoms with E-state index in [0.29, 0.717) is 0 Å². The number of benzene rings is 3. The first kappa shape index (κ1) is 22.0. The molecule has 0 aliphatic heterocycles. The van der Waals surface area contributed by atoms with Gasteiger partial charge in [-0.05, 0) is 23.8 Å². The smallest absolute Gasteiger partial charge is 0.283 e. The molecule has 3 rings (SSSR count). The van der Waals surface area contributed by atoms with Gasteiger partial charge in [0.05, 0.1) is 10.0 Å². The molecule has 1 atom stereocenters. The molecular weight excluding hydrogens is 482 g/mol. The maximum Gasteiger partial charge on any atom is 0.283 e. The molecule has 3 aromatic carbocycles. The third-order valence-corrected chi connectivity index (χ3v) is 7.22. The highest BCUT2D eigenvalue weighted by Crippen LogP contribution is 2.54. The van der Waals surface area contributed by atoms with E-state index < -0.39 is 26.2 Å². The van der Waals surface area contributed by atoms with Crippen LogP contribution in [0.25, 0.3) is 0 Å². The van der Waals surface area contributed by atoms with Gasteiger partial charge in [0.1, 0.15) is 16.5 Å². The lowest BCUT2D eigenvalue weighted by molar-refractivity contribution is 0.440. The molecule has 0 aliphatic rings. The third-order valence-electron chi connectivity index (χ3n) is 4.40. The van der Waals surface area contributed by atoms with Gasteiger partial charge in [-0.3, -0.25) is 4.55 Å². The lowest BCUT2D eigenvalue weighted by atomic mass is 9.83. The number of phenols is 2. The van der Waals surface area contributed by atoms with E-state index >= 15 is 0 Å². The quantitative estimate of drug-likeness (QED) is 0.239. The van der Waals surface area contributed by atoms with Crippen molar-refractivity contribution in [3.63, 3.8) is 0 Å². The molecule has 0 saturated carbocycles. The zero-order chi connectivity index (χ0) is 21.6. The lowest BCUT2D eigenvalue weighted by Gasteiger charge is -2.34. The Kier molecular flexibility index (Phi) is 5.98. The van der Waals surface area contributed by atoms with Gasteiger partial charge in [-0.2, -0.15) is 8.42 Å². The molecule has 5 nitrogen and oxygen atoms in total. The van der Waals surface area contributed by atoms with Crippen molar-refractivity contribution in [3.05, 3.63) is 91.4 Å². The fraction of sp³-hybridized carbons (Fsp3) is 0.0526. The molecule has 0 spiro atoms. The molecule has 0 aliphatic carbocycles. The summed E-state index contributed by atoms with van der Waals surface area (Å²) >= 11 is 24.6. The van der Waals surface area contributed by atoms with E-state index in [1.165, 1.54) is 36.4 Å². The maximum atomic E-state index is 13.0. The highest BCUT2D eigenvalue weighted by molar-refractivity contribution is 7.87. The summed E-state index contributed by atoms with van der Waals surface area (Å²) in [7, 11) is -5.11. The first-order valence-corrected chi connectivity index (χ1v) is 10.9. The number of rotatable bonds is 4. The van der Waals surface area contributed by atoms with Gasteiger partial charge in [-0.1, -0.05) is 82.8 Å². The summed E-state index contributed by atoms with van der Waals surface area (Å²) in [6, 6.07) is 12.2. The van der Waals surface area contributed by atoms with Crippen molar-refractivity contribution in [1.29, 1.82) is 0 Å². The summed E-state index contributed by atoms with van der Waals surface area (Å²) in [4.78, 5) is 0. The number of hydrogen-bond donors (Lipinski definition) is 3. The van der Waals surface area contributed by atoms with E-state index in [2.05, 4.69) is 0 Å². The normalized spacial score (nSPS) is 13.8. The first-order chi connectivity index (χ1) is 13.5. The molecular formula is C19H12Cl4O5S. The minimum absolute atomic E-state index is 0.0191. The van der Waals surface area contributed by atoms with Crippen molar-refractivity contribution < 1.29 is 23.2 Å². The highest BCUT2D eigenvalue weighted by atomic mass is 35.5. The van der Waals surface area contributed by atoms with Crippen molar-refractivity contribution in [2.75, 3.05) is 0 Å². The van der Waals surface area contributed by atoms with Crippen LogP contribution in [0.1, 0.15) is 16.7 Å². The van der Waals surface area contributed by atoms with Gasteiger partial charge in [-0.15, -0.1) is 0 Å². The van der Waals surface area contributed by atoms with Crippen LogP contribution in [0, 0.1) is 0 Å². The van der Waals surface area contributed by atoms with Gasteiger partial charge < -0.3 is 10.2 Å². The lowest BCUT2D eigenvalue weighted by Crippen LogP contribution is -2.39. The average Bonchev–Trinajstić information content (AvgIpc) is 2.64. The van der Waals surface area contributed by atoms with Gasteiger partial charge in [0.25, 0.3) is 10.1 Å². The number of hydrogen-bond acceptors (Lipinski definition) is 4. The minimum atomic E-state index is -5.11. The molecule has 152 valence electrons. The maximum absolute atomic E-state index is 13.0. The molecule has 29 heavy (non-hydrogen) atoms.